The molecule has 0 bridgehead atoms. The molecule has 0 atom stereocenters. The molecule has 0 amide bonds. The number of alkyl halides is 2. The third-order valence-corrected chi connectivity index (χ3v) is 0.178. The van der Waals surface area contributed by atoms with E-state index in [0.29, 0.717) is 0 Å². The molecular formula is C2HCuF3O4S. The Labute approximate surface area is 67.5 Å². The van der Waals surface area contributed by atoms with Crippen molar-refractivity contribution >= 4 is 14.6 Å². The second-order valence-corrected chi connectivity index (χ2v) is 3.02. The van der Waals surface area contributed by atoms with Crippen molar-refractivity contribution in [1.29, 1.82) is 0 Å². The number of hydrogen-bond donors (Lipinski definition) is 0. The topological polar surface area (TPSA) is 74.3 Å². The first-order chi connectivity index (χ1) is 4.64. The van der Waals surface area contributed by atoms with Crippen LogP contribution in [0.15, 0.2) is 0 Å². The van der Waals surface area contributed by atoms with Crippen LogP contribution < -0.4 is 5.11 Å². The van der Waals surface area contributed by atoms with Crippen LogP contribution in [-0.4, -0.2) is 20.8 Å². The normalized spacial score (nSPS) is 10.4. The summed E-state index contributed by atoms with van der Waals surface area (Å²) in [5.41, 5.74) is 0. The van der Waals surface area contributed by atoms with Gasteiger partial charge in [0.15, 0.2) is 0 Å². The molecule has 0 aliphatic carbocycles. The minimum absolute atomic E-state index is 2.32. The van der Waals surface area contributed by atoms with Crippen LogP contribution in [0.2, 0.25) is 0 Å². The molecule has 0 aliphatic rings. The Morgan fingerprint density at radius 1 is 1.45 bits per heavy atom. The Morgan fingerprint density at radius 3 is 1.55 bits per heavy atom. The molecule has 0 aliphatic heterocycles. The summed E-state index contributed by atoms with van der Waals surface area (Å²) in [6.07, 6.45) is -3.34. The van der Waals surface area contributed by atoms with Crippen molar-refractivity contribution in [3.8, 4) is 0 Å². The SMILES string of the molecule is O=C([O-])C(F)F.O=[S](=O)(F)[Cu+]. The van der Waals surface area contributed by atoms with Gasteiger partial charge in [0.25, 0.3) is 6.43 Å². The van der Waals surface area contributed by atoms with E-state index in [1.165, 1.54) is 0 Å². The molecule has 0 N–H and O–H groups in total. The Bertz CT molecular complexity index is 203. The summed E-state index contributed by atoms with van der Waals surface area (Å²) < 4.78 is 49.0. The van der Waals surface area contributed by atoms with Crippen molar-refractivity contribution < 1.29 is 45.9 Å². The summed E-state index contributed by atoms with van der Waals surface area (Å²) in [6.45, 7) is 0. The standard InChI is InChI=1S/C2H2F2O2.Cu.FO2S/c3-1(4)2(5)6;;1-4(2)3/h1H,(H,5,6);;/q;+1;/p-1. The molecule has 0 aromatic rings. The molecular weight excluding hydrogens is 241 g/mol. The number of carbonyl (C=O) groups is 1. The zero-order chi connectivity index (χ0) is 9.65. The quantitative estimate of drug-likeness (QED) is 0.425. The molecule has 0 unspecified atom stereocenters. The van der Waals surface area contributed by atoms with Crippen LogP contribution in [0.1, 0.15) is 0 Å². The molecule has 0 saturated carbocycles. The summed E-state index contributed by atoms with van der Waals surface area (Å²) in [4.78, 5) is 8.84. The average Bonchev–Trinajstić information content (AvgIpc) is 1.59. The number of rotatable bonds is 1. The predicted molar refractivity (Wildman–Crippen MR) is 21.0 cm³/mol. The van der Waals surface area contributed by atoms with E-state index >= 15 is 0 Å². The molecule has 9 heteroatoms. The molecule has 0 aromatic carbocycles. The molecule has 0 aromatic heterocycles. The number of carboxylic acid groups (broad SMARTS) is 1. The van der Waals surface area contributed by atoms with E-state index in [-0.39, 0.29) is 0 Å². The van der Waals surface area contributed by atoms with Crippen LogP contribution in [0.3, 0.4) is 0 Å². The van der Waals surface area contributed by atoms with Crippen molar-refractivity contribution in [3.05, 3.63) is 0 Å². The number of carboxylic acids is 1. The fraction of sp³-hybridized carbons (Fsp3) is 0.500. The van der Waals surface area contributed by atoms with Gasteiger partial charge in [0.2, 0.25) is 0 Å². The molecule has 0 fully saturated rings. The monoisotopic (exact) mass is 241 g/mol. The zero-order valence-electron chi connectivity index (χ0n) is 4.55. The van der Waals surface area contributed by atoms with Gasteiger partial charge >= 0.3 is 35.8 Å². The van der Waals surface area contributed by atoms with Crippen LogP contribution in [0.5, 0.6) is 0 Å². The van der Waals surface area contributed by atoms with Gasteiger partial charge in [-0.05, 0) is 0 Å². The number of carbonyl (C=O) groups excluding carboxylic acids is 1. The Kier molecular flexibility index (Phi) is 6.53. The Morgan fingerprint density at radius 2 is 1.55 bits per heavy atom. The first-order valence-corrected chi connectivity index (χ1v) is 4.12. The van der Waals surface area contributed by atoms with Crippen LogP contribution in [0.4, 0.5) is 12.7 Å². The third-order valence-electron chi connectivity index (χ3n) is 0.178. The molecule has 0 heterocycles. The van der Waals surface area contributed by atoms with Gasteiger partial charge < -0.3 is 9.90 Å². The Balaban J connectivity index is 0. The van der Waals surface area contributed by atoms with Gasteiger partial charge in [-0.1, -0.05) is 0 Å². The van der Waals surface area contributed by atoms with Crippen LogP contribution in [0.25, 0.3) is 0 Å². The number of halogens is 3. The summed E-state index contributed by atoms with van der Waals surface area (Å²) in [7, 11) is -4.60. The molecule has 0 radical (unpaired) electrons. The summed E-state index contributed by atoms with van der Waals surface area (Å²) in [5, 5.41) is 8.84. The maximum atomic E-state index is 10.5. The number of aliphatic carboxylic acids is 1. The van der Waals surface area contributed by atoms with E-state index < -0.39 is 21.0 Å². The van der Waals surface area contributed by atoms with E-state index in [1.54, 1.807) is 0 Å². The molecule has 71 valence electrons. The van der Waals surface area contributed by atoms with Crippen LogP contribution in [-0.2, 0) is 28.3 Å². The van der Waals surface area contributed by atoms with Gasteiger partial charge in [0, 0.05) is 0 Å². The molecule has 0 rings (SSSR count). The van der Waals surface area contributed by atoms with Crippen molar-refractivity contribution in [1.82, 2.24) is 0 Å². The minimum atomic E-state index is -4.60. The van der Waals surface area contributed by atoms with E-state index in [9.17, 15) is 12.7 Å². The molecule has 0 spiro atoms. The Hall–Kier alpha value is -0.271. The van der Waals surface area contributed by atoms with Crippen molar-refractivity contribution in [2.75, 3.05) is 0 Å². The van der Waals surface area contributed by atoms with E-state index in [0.717, 1.165) is 0 Å². The first kappa shape index (κ1) is 13.3. The van der Waals surface area contributed by atoms with Gasteiger partial charge in [-0.2, -0.15) is 0 Å². The van der Waals surface area contributed by atoms with E-state index in [4.69, 9.17) is 18.3 Å². The molecule has 4 nitrogen and oxygen atoms in total. The van der Waals surface area contributed by atoms with Crippen molar-refractivity contribution in [2.24, 2.45) is 0 Å². The second-order valence-electron chi connectivity index (χ2n) is 0.961. The van der Waals surface area contributed by atoms with Gasteiger partial charge in [-0.15, -0.1) is 0 Å². The first-order valence-electron chi connectivity index (χ1n) is 1.74. The zero-order valence-corrected chi connectivity index (χ0v) is 6.31. The number of hydrogen-bond acceptors (Lipinski definition) is 4. The van der Waals surface area contributed by atoms with Crippen molar-refractivity contribution in [3.63, 3.8) is 0 Å². The van der Waals surface area contributed by atoms with Gasteiger partial charge in [-0.25, -0.2) is 8.78 Å². The van der Waals surface area contributed by atoms with Crippen LogP contribution >= 0.6 is 0 Å². The summed E-state index contributed by atoms with van der Waals surface area (Å²) in [6, 6.07) is 0. The second kappa shape index (κ2) is 5.39. The molecule has 11 heavy (non-hydrogen) atoms. The molecule has 0 saturated heterocycles. The fourth-order valence-corrected chi connectivity index (χ4v) is 0. The average molecular weight is 242 g/mol. The maximum absolute atomic E-state index is 10.5. The van der Waals surface area contributed by atoms with Gasteiger partial charge in [0.1, 0.15) is 5.97 Å². The third kappa shape index (κ3) is 41.8. The van der Waals surface area contributed by atoms with E-state index in [2.05, 4.69) is 14.9 Å². The van der Waals surface area contributed by atoms with Crippen molar-refractivity contribution in [2.45, 2.75) is 6.43 Å². The summed E-state index contributed by atoms with van der Waals surface area (Å²) in [5.74, 6) is -2.32. The van der Waals surface area contributed by atoms with Gasteiger partial charge in [-0.3, -0.25) is 0 Å². The van der Waals surface area contributed by atoms with Crippen LogP contribution in [0, 0.1) is 0 Å². The van der Waals surface area contributed by atoms with E-state index in [1.807, 2.05) is 0 Å². The summed E-state index contributed by atoms with van der Waals surface area (Å²) >= 11 is 3.26. The fourth-order valence-electron chi connectivity index (χ4n) is 0. The van der Waals surface area contributed by atoms with Gasteiger partial charge in [0.05, 0.1) is 0 Å². The predicted octanol–water partition coefficient (Wildman–Crippen LogP) is -1.25.